The maximum Gasteiger partial charge on any atom is 0.226 e. The lowest BCUT2D eigenvalue weighted by molar-refractivity contribution is -0.127. The molecule has 4 heteroatoms. The molecule has 0 spiro atoms. The van der Waals surface area contributed by atoms with Gasteiger partial charge in [-0.15, -0.1) is 0 Å². The fourth-order valence-corrected chi connectivity index (χ4v) is 2.72. The number of hydrogen-bond donors (Lipinski definition) is 2. The van der Waals surface area contributed by atoms with Crippen LogP contribution in [0.15, 0.2) is 48.5 Å². The van der Waals surface area contributed by atoms with Crippen LogP contribution in [-0.2, 0) is 4.79 Å². The maximum absolute atomic E-state index is 12.0. The Bertz CT molecular complexity index is 678. The van der Waals surface area contributed by atoms with Gasteiger partial charge in [0.2, 0.25) is 5.91 Å². The Balaban J connectivity index is 1.72. The summed E-state index contributed by atoms with van der Waals surface area (Å²) < 4.78 is 5.41. The van der Waals surface area contributed by atoms with E-state index in [1.807, 2.05) is 31.2 Å². The van der Waals surface area contributed by atoms with Crippen molar-refractivity contribution in [2.45, 2.75) is 13.0 Å². The topological polar surface area (TPSA) is 50.4 Å². The number of ether oxygens (including phenoxy) is 1. The Hall–Kier alpha value is -2.33. The highest BCUT2D eigenvalue weighted by molar-refractivity contribution is 5.80. The molecule has 0 saturated carbocycles. The first-order valence-electron chi connectivity index (χ1n) is 7.93. The molecule has 120 valence electrons. The SMILES string of the molecule is COc1ccccc1-c1ccc(C(C)NC(=O)C2CNC2)cc1. The summed E-state index contributed by atoms with van der Waals surface area (Å²) in [7, 11) is 1.68. The van der Waals surface area contributed by atoms with Gasteiger partial charge in [0, 0.05) is 18.7 Å². The van der Waals surface area contributed by atoms with E-state index in [1.165, 1.54) is 0 Å². The van der Waals surface area contributed by atoms with Crippen LogP contribution < -0.4 is 15.4 Å². The molecule has 1 aliphatic heterocycles. The first-order chi connectivity index (χ1) is 11.2. The number of methoxy groups -OCH3 is 1. The lowest BCUT2D eigenvalue weighted by atomic mass is 9.99. The first kappa shape index (κ1) is 15.6. The minimum atomic E-state index is 0.00909. The van der Waals surface area contributed by atoms with Crippen LogP contribution in [0.25, 0.3) is 11.1 Å². The fourth-order valence-electron chi connectivity index (χ4n) is 2.72. The Morgan fingerprint density at radius 1 is 1.17 bits per heavy atom. The van der Waals surface area contributed by atoms with Crippen molar-refractivity contribution in [3.05, 3.63) is 54.1 Å². The molecule has 0 radical (unpaired) electrons. The molecule has 1 saturated heterocycles. The average molecular weight is 310 g/mol. The standard InChI is InChI=1S/C19H22N2O2/c1-13(21-19(22)16-11-20-12-16)14-7-9-15(10-8-14)17-5-3-4-6-18(17)23-2/h3-10,13,16,20H,11-12H2,1-2H3,(H,21,22). The second kappa shape index (κ2) is 6.84. The minimum absolute atomic E-state index is 0.00909. The summed E-state index contributed by atoms with van der Waals surface area (Å²) in [5.41, 5.74) is 3.27. The molecule has 0 bridgehead atoms. The van der Waals surface area contributed by atoms with Crippen LogP contribution in [0.5, 0.6) is 5.75 Å². The van der Waals surface area contributed by atoms with Crippen molar-refractivity contribution < 1.29 is 9.53 Å². The predicted molar refractivity (Wildman–Crippen MR) is 91.3 cm³/mol. The van der Waals surface area contributed by atoms with Crippen LogP contribution in [0.2, 0.25) is 0 Å². The van der Waals surface area contributed by atoms with Gasteiger partial charge in [-0.1, -0.05) is 42.5 Å². The van der Waals surface area contributed by atoms with Gasteiger partial charge in [-0.3, -0.25) is 4.79 Å². The number of carbonyl (C=O) groups is 1. The van der Waals surface area contributed by atoms with Gasteiger partial charge in [0.25, 0.3) is 0 Å². The largest absolute Gasteiger partial charge is 0.496 e. The van der Waals surface area contributed by atoms with Crippen LogP contribution in [0, 0.1) is 5.92 Å². The summed E-state index contributed by atoms with van der Waals surface area (Å²) in [5.74, 6) is 1.11. The molecule has 1 unspecified atom stereocenters. The van der Waals surface area contributed by atoms with Crippen molar-refractivity contribution in [1.29, 1.82) is 0 Å². The Kier molecular flexibility index (Phi) is 4.63. The molecular formula is C19H22N2O2. The van der Waals surface area contributed by atoms with Gasteiger partial charge in [0.05, 0.1) is 19.1 Å². The quantitative estimate of drug-likeness (QED) is 0.893. The third-order valence-corrected chi connectivity index (χ3v) is 4.34. The van der Waals surface area contributed by atoms with Gasteiger partial charge in [0.15, 0.2) is 0 Å². The van der Waals surface area contributed by atoms with E-state index in [0.29, 0.717) is 0 Å². The normalized spacial score (nSPS) is 15.6. The summed E-state index contributed by atoms with van der Waals surface area (Å²) in [4.78, 5) is 12.0. The van der Waals surface area contributed by atoms with Gasteiger partial charge in [0.1, 0.15) is 5.75 Å². The summed E-state index contributed by atoms with van der Waals surface area (Å²) in [5, 5.41) is 6.20. The average Bonchev–Trinajstić information content (AvgIpc) is 2.53. The summed E-state index contributed by atoms with van der Waals surface area (Å²) >= 11 is 0. The maximum atomic E-state index is 12.0. The number of amides is 1. The summed E-state index contributed by atoms with van der Waals surface area (Å²) in [6.45, 7) is 3.58. The second-order valence-corrected chi connectivity index (χ2v) is 5.91. The van der Waals surface area contributed by atoms with E-state index in [1.54, 1.807) is 7.11 Å². The molecule has 2 aromatic carbocycles. The number of para-hydroxylation sites is 1. The Morgan fingerprint density at radius 3 is 2.48 bits per heavy atom. The molecule has 1 fully saturated rings. The molecule has 2 aromatic rings. The lowest BCUT2D eigenvalue weighted by Gasteiger charge is -2.27. The van der Waals surface area contributed by atoms with Crippen LogP contribution in [0.3, 0.4) is 0 Å². The number of hydrogen-bond acceptors (Lipinski definition) is 3. The first-order valence-corrected chi connectivity index (χ1v) is 7.93. The Morgan fingerprint density at radius 2 is 1.87 bits per heavy atom. The molecule has 0 aromatic heterocycles. The number of carbonyl (C=O) groups excluding carboxylic acids is 1. The molecule has 1 heterocycles. The van der Waals surface area contributed by atoms with E-state index in [-0.39, 0.29) is 17.9 Å². The highest BCUT2D eigenvalue weighted by Crippen LogP contribution is 2.30. The third-order valence-electron chi connectivity index (χ3n) is 4.34. The molecular weight excluding hydrogens is 288 g/mol. The van der Waals surface area contributed by atoms with Crippen LogP contribution >= 0.6 is 0 Å². The van der Waals surface area contributed by atoms with Crippen molar-refractivity contribution in [1.82, 2.24) is 10.6 Å². The van der Waals surface area contributed by atoms with Crippen LogP contribution in [0.4, 0.5) is 0 Å². The van der Waals surface area contributed by atoms with Gasteiger partial charge >= 0.3 is 0 Å². The van der Waals surface area contributed by atoms with Gasteiger partial charge in [-0.25, -0.2) is 0 Å². The lowest BCUT2D eigenvalue weighted by Crippen LogP contribution is -2.51. The van der Waals surface area contributed by atoms with E-state index in [2.05, 4.69) is 34.9 Å². The zero-order valence-corrected chi connectivity index (χ0v) is 13.5. The molecule has 1 amide bonds. The highest BCUT2D eigenvalue weighted by Gasteiger charge is 2.25. The third kappa shape index (κ3) is 3.37. The Labute approximate surface area is 136 Å². The summed E-state index contributed by atoms with van der Waals surface area (Å²) in [6, 6.07) is 16.2. The molecule has 23 heavy (non-hydrogen) atoms. The van der Waals surface area contributed by atoms with Crippen LogP contribution in [0.1, 0.15) is 18.5 Å². The van der Waals surface area contributed by atoms with E-state index in [0.717, 1.165) is 35.5 Å². The van der Waals surface area contributed by atoms with Crippen molar-refractivity contribution >= 4 is 5.91 Å². The van der Waals surface area contributed by atoms with Crippen LogP contribution in [-0.4, -0.2) is 26.1 Å². The van der Waals surface area contributed by atoms with Crippen molar-refractivity contribution in [3.8, 4) is 16.9 Å². The molecule has 1 atom stereocenters. The molecule has 1 aliphatic rings. The van der Waals surface area contributed by atoms with E-state index in [4.69, 9.17) is 4.74 Å². The predicted octanol–water partition coefficient (Wildman–Crippen LogP) is 2.76. The molecule has 3 rings (SSSR count). The summed E-state index contributed by atoms with van der Waals surface area (Å²) in [6.07, 6.45) is 0. The second-order valence-electron chi connectivity index (χ2n) is 5.91. The number of nitrogens with one attached hydrogen (secondary N) is 2. The number of rotatable bonds is 5. The molecule has 2 N–H and O–H groups in total. The van der Waals surface area contributed by atoms with Crippen molar-refractivity contribution in [3.63, 3.8) is 0 Å². The van der Waals surface area contributed by atoms with Gasteiger partial charge in [-0.2, -0.15) is 0 Å². The minimum Gasteiger partial charge on any atom is -0.496 e. The zero-order chi connectivity index (χ0) is 16.2. The zero-order valence-electron chi connectivity index (χ0n) is 13.5. The van der Waals surface area contributed by atoms with E-state index in [9.17, 15) is 4.79 Å². The highest BCUT2D eigenvalue weighted by atomic mass is 16.5. The fraction of sp³-hybridized carbons (Fsp3) is 0.316. The van der Waals surface area contributed by atoms with Crippen molar-refractivity contribution in [2.24, 2.45) is 5.92 Å². The van der Waals surface area contributed by atoms with E-state index < -0.39 is 0 Å². The molecule has 4 nitrogen and oxygen atoms in total. The van der Waals surface area contributed by atoms with Crippen molar-refractivity contribution in [2.75, 3.05) is 20.2 Å². The van der Waals surface area contributed by atoms with E-state index >= 15 is 0 Å². The van der Waals surface area contributed by atoms with Gasteiger partial charge < -0.3 is 15.4 Å². The monoisotopic (exact) mass is 310 g/mol. The molecule has 0 aliphatic carbocycles. The number of benzene rings is 2. The smallest absolute Gasteiger partial charge is 0.226 e. The van der Waals surface area contributed by atoms with Gasteiger partial charge in [-0.05, 0) is 24.1 Å².